The molecule has 0 spiro atoms. The number of halogens is 1. The van der Waals surface area contributed by atoms with Gasteiger partial charge in [0.15, 0.2) is 0 Å². The highest BCUT2D eigenvalue weighted by molar-refractivity contribution is 9.08. The Morgan fingerprint density at radius 2 is 2.21 bits per heavy atom. The molecule has 1 aliphatic heterocycles. The van der Waals surface area contributed by atoms with Crippen molar-refractivity contribution in [2.24, 2.45) is 0 Å². The highest BCUT2D eigenvalue weighted by atomic mass is 79.9. The SMILES string of the molecule is CN1CC[C@H](NC(=O)c2cc3ccccc3n2Br)C1. The molecule has 1 N–H and O–H groups in total. The van der Waals surface area contributed by atoms with Gasteiger partial charge in [-0.2, -0.15) is 0 Å². The molecule has 1 aromatic heterocycles. The normalized spacial score (nSPS) is 20.0. The fourth-order valence-electron chi connectivity index (χ4n) is 2.59. The van der Waals surface area contributed by atoms with Crippen molar-refractivity contribution in [2.75, 3.05) is 20.1 Å². The van der Waals surface area contributed by atoms with Crippen LogP contribution in [0.1, 0.15) is 16.9 Å². The predicted molar refractivity (Wildman–Crippen MR) is 79.6 cm³/mol. The number of hydrogen-bond donors (Lipinski definition) is 1. The number of hydrogen-bond acceptors (Lipinski definition) is 2. The van der Waals surface area contributed by atoms with E-state index in [2.05, 4.69) is 33.4 Å². The number of nitrogens with one attached hydrogen (secondary N) is 1. The molecule has 19 heavy (non-hydrogen) atoms. The number of amides is 1. The zero-order valence-electron chi connectivity index (χ0n) is 10.8. The lowest BCUT2D eigenvalue weighted by Gasteiger charge is -2.12. The van der Waals surface area contributed by atoms with Crippen LogP contribution in [0.4, 0.5) is 0 Å². The summed E-state index contributed by atoms with van der Waals surface area (Å²) in [7, 11) is 2.08. The predicted octanol–water partition coefficient (Wildman–Crippen LogP) is 2.23. The molecule has 1 aliphatic rings. The number of likely N-dealkylation sites (N-methyl/N-ethyl adjacent to an activating group) is 1. The van der Waals surface area contributed by atoms with E-state index in [1.807, 2.05) is 30.3 Å². The van der Waals surface area contributed by atoms with Crippen LogP contribution in [-0.4, -0.2) is 40.6 Å². The Balaban J connectivity index is 1.83. The highest BCUT2D eigenvalue weighted by Crippen LogP contribution is 2.22. The van der Waals surface area contributed by atoms with E-state index in [1.165, 1.54) is 0 Å². The number of carbonyl (C=O) groups excluding carboxylic acids is 1. The Kier molecular flexibility index (Phi) is 3.33. The van der Waals surface area contributed by atoms with Gasteiger partial charge in [-0.05, 0) is 32.1 Å². The minimum Gasteiger partial charge on any atom is -0.347 e. The molecule has 0 bridgehead atoms. The Morgan fingerprint density at radius 1 is 1.42 bits per heavy atom. The van der Waals surface area contributed by atoms with Gasteiger partial charge >= 0.3 is 0 Å². The monoisotopic (exact) mass is 321 g/mol. The van der Waals surface area contributed by atoms with Crippen molar-refractivity contribution >= 4 is 33.0 Å². The highest BCUT2D eigenvalue weighted by Gasteiger charge is 2.23. The van der Waals surface area contributed by atoms with Gasteiger partial charge in [0.2, 0.25) is 0 Å². The average molecular weight is 322 g/mol. The summed E-state index contributed by atoms with van der Waals surface area (Å²) in [5.41, 5.74) is 1.66. The van der Waals surface area contributed by atoms with E-state index >= 15 is 0 Å². The lowest BCUT2D eigenvalue weighted by atomic mass is 10.2. The first-order valence-corrected chi connectivity index (χ1v) is 7.12. The van der Waals surface area contributed by atoms with Crippen molar-refractivity contribution in [1.82, 2.24) is 13.8 Å². The van der Waals surface area contributed by atoms with Crippen LogP contribution in [0.5, 0.6) is 0 Å². The third-order valence-electron chi connectivity index (χ3n) is 3.61. The van der Waals surface area contributed by atoms with Crippen molar-refractivity contribution < 1.29 is 4.79 Å². The zero-order valence-corrected chi connectivity index (χ0v) is 12.4. The summed E-state index contributed by atoms with van der Waals surface area (Å²) >= 11 is 3.46. The average Bonchev–Trinajstić information content (AvgIpc) is 2.94. The first-order valence-electron chi connectivity index (χ1n) is 6.41. The van der Waals surface area contributed by atoms with Crippen LogP contribution < -0.4 is 5.32 Å². The summed E-state index contributed by atoms with van der Waals surface area (Å²) in [6, 6.07) is 10.1. The lowest BCUT2D eigenvalue weighted by molar-refractivity contribution is 0.0933. The summed E-state index contributed by atoms with van der Waals surface area (Å²) in [5, 5.41) is 4.16. The van der Waals surface area contributed by atoms with Gasteiger partial charge in [-0.1, -0.05) is 18.2 Å². The summed E-state index contributed by atoms with van der Waals surface area (Å²) in [6.45, 7) is 1.97. The second kappa shape index (κ2) is 4.98. The molecule has 1 saturated heterocycles. The molecule has 1 aromatic carbocycles. The molecular formula is C14H16BrN3O. The van der Waals surface area contributed by atoms with Gasteiger partial charge < -0.3 is 10.2 Å². The standard InChI is InChI=1S/C14H16BrN3O/c1-17-7-6-11(9-17)16-14(19)13-8-10-4-2-3-5-12(10)18(13)15/h2-5,8,11H,6-7,9H2,1H3,(H,16,19)/t11-/m0/s1. The van der Waals surface area contributed by atoms with E-state index in [4.69, 9.17) is 0 Å². The van der Waals surface area contributed by atoms with Crippen LogP contribution in [0.15, 0.2) is 30.3 Å². The van der Waals surface area contributed by atoms with Gasteiger partial charge in [-0.25, -0.2) is 0 Å². The quantitative estimate of drug-likeness (QED) is 0.921. The van der Waals surface area contributed by atoms with Crippen LogP contribution in [0.25, 0.3) is 10.9 Å². The molecule has 1 atom stereocenters. The number of rotatable bonds is 2. The fraction of sp³-hybridized carbons (Fsp3) is 0.357. The van der Waals surface area contributed by atoms with E-state index < -0.39 is 0 Å². The van der Waals surface area contributed by atoms with Crippen LogP contribution in [0, 0.1) is 0 Å². The minimum absolute atomic E-state index is 0.0200. The van der Waals surface area contributed by atoms with Crippen molar-refractivity contribution in [2.45, 2.75) is 12.5 Å². The van der Waals surface area contributed by atoms with Crippen LogP contribution >= 0.6 is 16.1 Å². The molecule has 2 heterocycles. The molecule has 100 valence electrons. The molecule has 2 aromatic rings. The number of para-hydroxylation sites is 1. The number of likely N-dealkylation sites (tertiary alicyclic amines) is 1. The molecule has 1 fully saturated rings. The summed E-state index contributed by atoms with van der Waals surface area (Å²) in [6.07, 6.45) is 1.02. The van der Waals surface area contributed by atoms with Crippen LogP contribution in [-0.2, 0) is 0 Å². The first kappa shape index (κ1) is 12.7. The number of fused-ring (bicyclic) bond motifs is 1. The van der Waals surface area contributed by atoms with E-state index in [1.54, 1.807) is 3.59 Å². The Labute approximate surface area is 120 Å². The van der Waals surface area contributed by atoms with Crippen molar-refractivity contribution in [3.05, 3.63) is 36.0 Å². The Morgan fingerprint density at radius 3 is 2.89 bits per heavy atom. The van der Waals surface area contributed by atoms with E-state index in [9.17, 15) is 4.79 Å². The van der Waals surface area contributed by atoms with Gasteiger partial charge in [0.25, 0.3) is 5.91 Å². The summed E-state index contributed by atoms with van der Waals surface area (Å²) in [4.78, 5) is 14.5. The molecule has 3 rings (SSSR count). The van der Waals surface area contributed by atoms with E-state index in [0.717, 1.165) is 30.4 Å². The van der Waals surface area contributed by atoms with Gasteiger partial charge in [0.05, 0.1) is 21.7 Å². The zero-order chi connectivity index (χ0) is 13.4. The van der Waals surface area contributed by atoms with Gasteiger partial charge in [0.1, 0.15) is 5.69 Å². The Bertz CT molecular complexity index is 622. The number of carbonyl (C=O) groups is 1. The fourth-order valence-corrected chi connectivity index (χ4v) is 3.18. The number of aromatic nitrogens is 1. The van der Waals surface area contributed by atoms with Gasteiger partial charge in [0, 0.05) is 18.0 Å². The van der Waals surface area contributed by atoms with Crippen LogP contribution in [0.2, 0.25) is 0 Å². The van der Waals surface area contributed by atoms with Crippen molar-refractivity contribution in [3.63, 3.8) is 0 Å². The lowest BCUT2D eigenvalue weighted by Crippen LogP contribution is -2.37. The van der Waals surface area contributed by atoms with E-state index in [-0.39, 0.29) is 11.9 Å². The maximum atomic E-state index is 12.3. The largest absolute Gasteiger partial charge is 0.347 e. The molecule has 1 amide bonds. The maximum absolute atomic E-state index is 12.3. The second-order valence-electron chi connectivity index (χ2n) is 5.09. The van der Waals surface area contributed by atoms with E-state index in [0.29, 0.717) is 5.69 Å². The maximum Gasteiger partial charge on any atom is 0.269 e. The number of benzene rings is 1. The third kappa shape index (κ3) is 2.40. The molecule has 4 nitrogen and oxygen atoms in total. The summed E-state index contributed by atoms with van der Waals surface area (Å²) in [5.74, 6) is -0.0200. The van der Waals surface area contributed by atoms with Gasteiger partial charge in [-0.3, -0.25) is 8.39 Å². The van der Waals surface area contributed by atoms with Crippen molar-refractivity contribution in [3.8, 4) is 0 Å². The summed E-state index contributed by atoms with van der Waals surface area (Å²) < 4.78 is 1.77. The topological polar surface area (TPSA) is 37.3 Å². The molecule has 0 aliphatic carbocycles. The first-order chi connectivity index (χ1) is 9.15. The molecule has 0 unspecified atom stereocenters. The van der Waals surface area contributed by atoms with Gasteiger partial charge in [-0.15, -0.1) is 0 Å². The molecular weight excluding hydrogens is 306 g/mol. The molecule has 0 radical (unpaired) electrons. The minimum atomic E-state index is -0.0200. The molecule has 5 heteroatoms. The van der Waals surface area contributed by atoms with Crippen LogP contribution in [0.3, 0.4) is 0 Å². The number of nitrogens with zero attached hydrogens (tertiary/aromatic N) is 2. The molecule has 0 saturated carbocycles. The Hall–Kier alpha value is -1.33. The van der Waals surface area contributed by atoms with Crippen molar-refractivity contribution in [1.29, 1.82) is 0 Å². The smallest absolute Gasteiger partial charge is 0.269 e. The third-order valence-corrected chi connectivity index (χ3v) is 4.38. The second-order valence-corrected chi connectivity index (χ2v) is 5.80.